The number of benzene rings is 1. The number of hydrogen-bond donors (Lipinski definition) is 3. The van der Waals surface area contributed by atoms with Crippen molar-refractivity contribution in [2.24, 2.45) is 5.73 Å². The van der Waals surface area contributed by atoms with E-state index in [2.05, 4.69) is 0 Å². The van der Waals surface area contributed by atoms with Crippen LogP contribution in [0.3, 0.4) is 0 Å². The monoisotopic (exact) mass is 305 g/mol. The molecule has 1 rings (SSSR count). The number of nitrogens with two attached hydrogens (primary N) is 1. The van der Waals surface area contributed by atoms with E-state index >= 15 is 0 Å². The van der Waals surface area contributed by atoms with Gasteiger partial charge >= 0.3 is 17.3 Å². The summed E-state index contributed by atoms with van der Waals surface area (Å²) in [6, 6.07) is 0.347. The highest BCUT2D eigenvalue weighted by atomic mass is 32.1. The van der Waals surface area contributed by atoms with E-state index in [9.17, 15) is 30.1 Å². The molecule has 0 fully saturated rings. The molecule has 0 aliphatic heterocycles. The molecule has 0 amide bonds. The van der Waals surface area contributed by atoms with Crippen molar-refractivity contribution in [2.45, 2.75) is 12.5 Å². The van der Waals surface area contributed by atoms with Gasteiger partial charge in [-0.3, -0.25) is 25.0 Å². The predicted octanol–water partition coefficient (Wildman–Crippen LogP) is 0.276. The number of phenolic OH excluding ortho intramolecular Hbond substituents is 1. The Hall–Kier alpha value is -2.40. The van der Waals surface area contributed by atoms with Gasteiger partial charge in [-0.1, -0.05) is 0 Å². The quantitative estimate of drug-likeness (QED) is 0.514. The molecule has 0 spiro atoms. The Morgan fingerprint density at radius 2 is 1.65 bits per heavy atom. The van der Waals surface area contributed by atoms with Gasteiger partial charge in [0.15, 0.2) is 0 Å². The maximum Gasteiger partial charge on any atom is 0.320 e. The van der Waals surface area contributed by atoms with Crippen molar-refractivity contribution in [1.29, 1.82) is 0 Å². The van der Waals surface area contributed by atoms with Gasteiger partial charge in [0.05, 0.1) is 9.85 Å². The molecule has 1 aromatic carbocycles. The molecule has 0 aromatic heterocycles. The third kappa shape index (κ3) is 3.80. The third-order valence-electron chi connectivity index (χ3n) is 2.30. The van der Waals surface area contributed by atoms with Crippen molar-refractivity contribution in [3.8, 4) is 5.75 Å². The van der Waals surface area contributed by atoms with Gasteiger partial charge in [-0.05, 0) is 12.0 Å². The summed E-state index contributed by atoms with van der Waals surface area (Å²) in [5.74, 6) is -2.43. The van der Waals surface area contributed by atoms with Crippen LogP contribution in [0.2, 0.25) is 0 Å². The average molecular weight is 305 g/mol. The normalized spacial score (nSPS) is 11.2. The first-order chi connectivity index (χ1) is 8.73. The first-order valence-corrected chi connectivity index (χ1v) is 4.87. The van der Waals surface area contributed by atoms with Crippen LogP contribution in [0.25, 0.3) is 0 Å². The van der Waals surface area contributed by atoms with Gasteiger partial charge in [0.2, 0.25) is 0 Å². The highest BCUT2D eigenvalue weighted by Gasteiger charge is 2.27. The van der Waals surface area contributed by atoms with Crippen LogP contribution in [0.1, 0.15) is 5.56 Å². The van der Waals surface area contributed by atoms with Gasteiger partial charge in [-0.25, -0.2) is 0 Å². The van der Waals surface area contributed by atoms with E-state index in [1.165, 1.54) is 0 Å². The van der Waals surface area contributed by atoms with Crippen molar-refractivity contribution in [3.05, 3.63) is 37.9 Å². The van der Waals surface area contributed by atoms with E-state index < -0.39 is 39.0 Å². The number of phenols is 1. The highest BCUT2D eigenvalue weighted by molar-refractivity contribution is 7.59. The van der Waals surface area contributed by atoms with Crippen molar-refractivity contribution in [1.82, 2.24) is 0 Å². The zero-order chi connectivity index (χ0) is 14.7. The summed E-state index contributed by atoms with van der Waals surface area (Å²) in [5, 5.41) is 39.3. The molecule has 1 unspecified atom stereocenters. The van der Waals surface area contributed by atoms with Crippen molar-refractivity contribution in [2.75, 3.05) is 0 Å². The van der Waals surface area contributed by atoms with Crippen LogP contribution in [0.15, 0.2) is 12.1 Å². The van der Waals surface area contributed by atoms with Gasteiger partial charge in [0.25, 0.3) is 5.75 Å². The number of aliphatic carboxylic acids is 1. The number of carboxylic acids is 1. The summed E-state index contributed by atoms with van der Waals surface area (Å²) in [6.07, 6.45) is -0.336. The van der Waals surface area contributed by atoms with Gasteiger partial charge < -0.3 is 15.9 Å². The van der Waals surface area contributed by atoms with Crippen LogP contribution in [-0.4, -0.2) is 32.1 Å². The van der Waals surface area contributed by atoms with E-state index in [0.717, 1.165) is 12.1 Å². The fourth-order valence-corrected chi connectivity index (χ4v) is 1.40. The summed E-state index contributed by atoms with van der Waals surface area (Å²) >= 11 is 0. The molecule has 1 aromatic rings. The van der Waals surface area contributed by atoms with Gasteiger partial charge in [0.1, 0.15) is 6.04 Å². The lowest BCUT2D eigenvalue weighted by molar-refractivity contribution is -0.396. The zero-order valence-electron chi connectivity index (χ0n) is 9.85. The third-order valence-corrected chi connectivity index (χ3v) is 2.30. The van der Waals surface area contributed by atoms with Crippen LogP contribution in [-0.2, 0) is 11.2 Å². The second-order valence-electron chi connectivity index (χ2n) is 3.65. The van der Waals surface area contributed by atoms with Crippen molar-refractivity contribution in [3.63, 3.8) is 0 Å². The molecule has 1 atom stereocenters. The van der Waals surface area contributed by atoms with Crippen LogP contribution >= 0.6 is 13.5 Å². The van der Waals surface area contributed by atoms with Crippen LogP contribution < -0.4 is 5.73 Å². The molecule has 10 nitrogen and oxygen atoms in total. The molecular formula is C9H11N3O7S. The molecule has 4 N–H and O–H groups in total. The molecule has 0 radical (unpaired) electrons. The topological polar surface area (TPSA) is 170 Å². The maximum atomic E-state index is 10.6. The van der Waals surface area contributed by atoms with E-state index in [1.807, 2.05) is 0 Å². The molecule has 0 aliphatic carbocycles. The fourth-order valence-electron chi connectivity index (χ4n) is 1.40. The first-order valence-electron chi connectivity index (χ1n) is 4.87. The minimum Gasteiger partial charge on any atom is -0.497 e. The summed E-state index contributed by atoms with van der Waals surface area (Å²) in [5.41, 5.74) is 3.47. The first kappa shape index (κ1) is 17.6. The molecular weight excluding hydrogens is 294 g/mol. The van der Waals surface area contributed by atoms with Crippen molar-refractivity contribution < 1.29 is 24.9 Å². The summed E-state index contributed by atoms with van der Waals surface area (Å²) in [4.78, 5) is 29.9. The molecule has 0 saturated heterocycles. The predicted molar refractivity (Wildman–Crippen MR) is 71.1 cm³/mol. The Balaban J connectivity index is 0.00000361. The Labute approximate surface area is 118 Å². The van der Waals surface area contributed by atoms with Gasteiger partial charge in [0, 0.05) is 12.1 Å². The number of rotatable bonds is 5. The Morgan fingerprint density at radius 3 is 1.95 bits per heavy atom. The van der Waals surface area contributed by atoms with Crippen molar-refractivity contribution >= 4 is 30.8 Å². The molecule has 11 heteroatoms. The van der Waals surface area contributed by atoms with E-state index in [1.54, 1.807) is 0 Å². The molecule has 20 heavy (non-hydrogen) atoms. The summed E-state index contributed by atoms with van der Waals surface area (Å²) in [7, 11) is 0. The standard InChI is InChI=1S/C9H9N3O7.H2S/c10-5(9(14)15)1-4-2-6(11(16)17)8(13)7(3-4)12(18)19;/h2-3,5,13H,1,10H2,(H,14,15);1H2. The van der Waals surface area contributed by atoms with E-state index in [-0.39, 0.29) is 25.5 Å². The zero-order valence-corrected chi connectivity index (χ0v) is 10.8. The maximum absolute atomic E-state index is 10.6. The smallest absolute Gasteiger partial charge is 0.320 e. The lowest BCUT2D eigenvalue weighted by Crippen LogP contribution is -2.32. The van der Waals surface area contributed by atoms with Crippen LogP contribution in [0, 0.1) is 20.2 Å². The highest BCUT2D eigenvalue weighted by Crippen LogP contribution is 2.36. The minimum atomic E-state index is -1.36. The minimum absolute atomic E-state index is 0. The van der Waals surface area contributed by atoms with Crippen LogP contribution in [0.4, 0.5) is 11.4 Å². The number of carbonyl (C=O) groups is 1. The van der Waals surface area contributed by atoms with E-state index in [0.29, 0.717) is 0 Å². The van der Waals surface area contributed by atoms with Crippen LogP contribution in [0.5, 0.6) is 5.75 Å². The number of hydrogen-bond acceptors (Lipinski definition) is 7. The number of aromatic hydroxyl groups is 1. The summed E-state index contributed by atoms with van der Waals surface area (Å²) < 4.78 is 0. The molecule has 0 aliphatic rings. The van der Waals surface area contributed by atoms with Gasteiger partial charge in [-0.2, -0.15) is 13.5 Å². The lowest BCUT2D eigenvalue weighted by atomic mass is 10.0. The molecule has 110 valence electrons. The van der Waals surface area contributed by atoms with Gasteiger partial charge in [-0.15, -0.1) is 0 Å². The SMILES string of the molecule is NC(Cc1cc([N+](=O)[O-])c(O)c([N+](=O)[O-])c1)C(=O)O.S. The molecule has 0 bridgehead atoms. The number of carboxylic acid groups (broad SMARTS) is 1. The summed E-state index contributed by atoms with van der Waals surface area (Å²) in [6.45, 7) is 0. The fraction of sp³-hybridized carbons (Fsp3) is 0.222. The Morgan fingerprint density at radius 1 is 1.25 bits per heavy atom. The Bertz CT molecular complexity index is 527. The second kappa shape index (κ2) is 6.68. The lowest BCUT2D eigenvalue weighted by Gasteiger charge is -2.07. The van der Waals surface area contributed by atoms with E-state index in [4.69, 9.17) is 10.8 Å². The largest absolute Gasteiger partial charge is 0.497 e. The average Bonchev–Trinajstić information content (AvgIpc) is 2.30. The Kier molecular flexibility index (Phi) is 5.87. The molecule has 0 saturated carbocycles. The molecule has 0 heterocycles. The number of nitro groups is 2. The second-order valence-corrected chi connectivity index (χ2v) is 3.65. The number of nitrogens with zero attached hydrogens (tertiary/aromatic N) is 2. The number of nitro benzene ring substituents is 2.